The first-order valence-corrected chi connectivity index (χ1v) is 6.99. The molecule has 1 aromatic rings. The second-order valence-corrected chi connectivity index (χ2v) is 6.57. The molecule has 3 N–H and O–H groups in total. The standard InChI is InChI=1S/C13H16BrClN2O/c1-12(5-6-12)13(2,11(16)18)17-8-3-4-10(15)9(14)7-8/h3-4,7,17H,5-6H2,1-2H3,(H2,16,18). The highest BCUT2D eigenvalue weighted by atomic mass is 79.9. The number of anilines is 1. The molecule has 2 rings (SSSR count). The van der Waals surface area contributed by atoms with Crippen molar-refractivity contribution in [1.29, 1.82) is 0 Å². The van der Waals surface area contributed by atoms with E-state index in [4.69, 9.17) is 17.3 Å². The number of halogens is 2. The van der Waals surface area contributed by atoms with Gasteiger partial charge in [-0.05, 0) is 59.3 Å². The van der Waals surface area contributed by atoms with Gasteiger partial charge in [-0.2, -0.15) is 0 Å². The van der Waals surface area contributed by atoms with E-state index in [-0.39, 0.29) is 11.3 Å². The van der Waals surface area contributed by atoms with Crippen LogP contribution in [-0.2, 0) is 4.79 Å². The lowest BCUT2D eigenvalue weighted by atomic mass is 9.83. The molecule has 5 heteroatoms. The van der Waals surface area contributed by atoms with Crippen molar-refractivity contribution in [2.45, 2.75) is 32.2 Å². The van der Waals surface area contributed by atoms with E-state index in [2.05, 4.69) is 28.2 Å². The Hall–Kier alpha value is -0.740. The number of hydrogen-bond donors (Lipinski definition) is 2. The van der Waals surface area contributed by atoms with Crippen molar-refractivity contribution in [3.05, 3.63) is 27.7 Å². The van der Waals surface area contributed by atoms with Gasteiger partial charge < -0.3 is 11.1 Å². The Bertz CT molecular complexity index is 502. The van der Waals surface area contributed by atoms with E-state index in [0.29, 0.717) is 5.02 Å². The van der Waals surface area contributed by atoms with Crippen LogP contribution in [0.4, 0.5) is 5.69 Å². The fourth-order valence-electron chi connectivity index (χ4n) is 2.06. The molecule has 1 aromatic carbocycles. The van der Waals surface area contributed by atoms with E-state index >= 15 is 0 Å². The van der Waals surface area contributed by atoms with Gasteiger partial charge in [0.15, 0.2) is 0 Å². The molecule has 1 fully saturated rings. The normalized spacial score (nSPS) is 20.0. The number of nitrogens with one attached hydrogen (secondary N) is 1. The summed E-state index contributed by atoms with van der Waals surface area (Å²) in [5, 5.41) is 3.90. The molecule has 0 aliphatic heterocycles. The second-order valence-electron chi connectivity index (χ2n) is 5.30. The molecule has 0 aromatic heterocycles. The maximum absolute atomic E-state index is 11.8. The second kappa shape index (κ2) is 4.42. The van der Waals surface area contributed by atoms with Crippen LogP contribution in [0, 0.1) is 5.41 Å². The van der Waals surface area contributed by atoms with Gasteiger partial charge in [0.25, 0.3) is 0 Å². The number of hydrogen-bond acceptors (Lipinski definition) is 2. The highest BCUT2D eigenvalue weighted by molar-refractivity contribution is 9.10. The number of rotatable bonds is 4. The molecule has 0 radical (unpaired) electrons. The van der Waals surface area contributed by atoms with Crippen LogP contribution in [0.3, 0.4) is 0 Å². The third-order valence-electron chi connectivity index (χ3n) is 4.01. The topological polar surface area (TPSA) is 55.1 Å². The monoisotopic (exact) mass is 330 g/mol. The van der Waals surface area contributed by atoms with Gasteiger partial charge in [0.05, 0.1) is 5.02 Å². The Morgan fingerprint density at radius 1 is 1.56 bits per heavy atom. The predicted molar refractivity (Wildman–Crippen MR) is 77.7 cm³/mol. The average Bonchev–Trinajstić information content (AvgIpc) is 3.03. The van der Waals surface area contributed by atoms with Crippen LogP contribution < -0.4 is 11.1 Å². The molecular formula is C13H16BrClN2O. The summed E-state index contributed by atoms with van der Waals surface area (Å²) in [5.41, 5.74) is 5.61. The zero-order valence-corrected chi connectivity index (χ0v) is 12.7. The summed E-state index contributed by atoms with van der Waals surface area (Å²) in [6.07, 6.45) is 2.02. The van der Waals surface area contributed by atoms with Crippen molar-refractivity contribution < 1.29 is 4.79 Å². The Kier molecular flexibility index (Phi) is 3.36. The van der Waals surface area contributed by atoms with Gasteiger partial charge in [0.1, 0.15) is 5.54 Å². The Morgan fingerprint density at radius 3 is 2.61 bits per heavy atom. The van der Waals surface area contributed by atoms with Crippen LogP contribution in [0.2, 0.25) is 5.02 Å². The number of carbonyl (C=O) groups is 1. The van der Waals surface area contributed by atoms with Gasteiger partial charge in [0.2, 0.25) is 5.91 Å². The first-order valence-electron chi connectivity index (χ1n) is 5.82. The van der Waals surface area contributed by atoms with Crippen molar-refractivity contribution >= 4 is 39.1 Å². The van der Waals surface area contributed by atoms with Crippen LogP contribution in [0.15, 0.2) is 22.7 Å². The minimum Gasteiger partial charge on any atom is -0.371 e. The summed E-state index contributed by atoms with van der Waals surface area (Å²) in [6, 6.07) is 5.49. The third-order valence-corrected chi connectivity index (χ3v) is 5.23. The predicted octanol–water partition coefficient (Wildman–Crippen LogP) is 3.56. The van der Waals surface area contributed by atoms with E-state index in [1.807, 2.05) is 19.1 Å². The third kappa shape index (κ3) is 2.24. The van der Waals surface area contributed by atoms with Crippen LogP contribution >= 0.6 is 27.5 Å². The number of nitrogens with two attached hydrogens (primary N) is 1. The number of amides is 1. The molecule has 1 saturated carbocycles. The van der Waals surface area contributed by atoms with Crippen LogP contribution in [0.5, 0.6) is 0 Å². The fourth-order valence-corrected chi connectivity index (χ4v) is 2.56. The minimum absolute atomic E-state index is 0.0645. The molecule has 1 atom stereocenters. The summed E-state index contributed by atoms with van der Waals surface area (Å²) in [7, 11) is 0. The fraction of sp³-hybridized carbons (Fsp3) is 0.462. The van der Waals surface area contributed by atoms with E-state index in [1.165, 1.54) is 0 Å². The van der Waals surface area contributed by atoms with E-state index < -0.39 is 5.54 Å². The average molecular weight is 332 g/mol. The number of primary amides is 1. The maximum Gasteiger partial charge on any atom is 0.243 e. The van der Waals surface area contributed by atoms with Crippen LogP contribution in [-0.4, -0.2) is 11.4 Å². The zero-order chi connectivity index (χ0) is 13.6. The smallest absolute Gasteiger partial charge is 0.243 e. The van der Waals surface area contributed by atoms with E-state index in [1.54, 1.807) is 6.07 Å². The summed E-state index contributed by atoms with van der Waals surface area (Å²) in [5.74, 6) is -0.325. The Labute approximate surface area is 120 Å². The molecule has 98 valence electrons. The summed E-state index contributed by atoms with van der Waals surface area (Å²) >= 11 is 9.32. The molecule has 1 unspecified atom stereocenters. The maximum atomic E-state index is 11.8. The lowest BCUT2D eigenvalue weighted by molar-refractivity contribution is -0.123. The molecule has 1 amide bonds. The molecule has 0 spiro atoms. The first kappa shape index (κ1) is 13.7. The lowest BCUT2D eigenvalue weighted by Crippen LogP contribution is -2.54. The first-order chi connectivity index (χ1) is 8.28. The summed E-state index contributed by atoms with van der Waals surface area (Å²) in [4.78, 5) is 11.8. The van der Waals surface area contributed by atoms with Gasteiger partial charge in [-0.15, -0.1) is 0 Å². The van der Waals surface area contributed by atoms with E-state index in [9.17, 15) is 4.79 Å². The van der Waals surface area contributed by atoms with Gasteiger partial charge in [-0.3, -0.25) is 4.79 Å². The molecule has 1 aliphatic carbocycles. The molecule has 0 bridgehead atoms. The highest BCUT2D eigenvalue weighted by Gasteiger charge is 2.56. The van der Waals surface area contributed by atoms with Crippen molar-refractivity contribution in [1.82, 2.24) is 0 Å². The quantitative estimate of drug-likeness (QED) is 0.886. The SMILES string of the molecule is CC1(C(C)(Nc2ccc(Cl)c(Br)c2)C(N)=O)CC1. The number of benzene rings is 1. The molecule has 0 saturated heterocycles. The molecule has 1 aliphatic rings. The summed E-state index contributed by atoms with van der Waals surface area (Å²) < 4.78 is 0.793. The van der Waals surface area contributed by atoms with Crippen molar-refractivity contribution in [3.63, 3.8) is 0 Å². The van der Waals surface area contributed by atoms with Crippen LogP contribution in [0.25, 0.3) is 0 Å². The molecule has 0 heterocycles. The van der Waals surface area contributed by atoms with Gasteiger partial charge in [-0.1, -0.05) is 18.5 Å². The largest absolute Gasteiger partial charge is 0.371 e. The van der Waals surface area contributed by atoms with Gasteiger partial charge in [-0.25, -0.2) is 0 Å². The van der Waals surface area contributed by atoms with Crippen molar-refractivity contribution in [3.8, 4) is 0 Å². The Balaban J connectivity index is 2.30. The molecular weight excluding hydrogens is 316 g/mol. The van der Waals surface area contributed by atoms with E-state index in [0.717, 1.165) is 23.0 Å². The van der Waals surface area contributed by atoms with Gasteiger partial charge in [0, 0.05) is 10.2 Å². The lowest BCUT2D eigenvalue weighted by Gasteiger charge is -2.35. The van der Waals surface area contributed by atoms with Gasteiger partial charge >= 0.3 is 0 Å². The highest BCUT2D eigenvalue weighted by Crippen LogP contribution is 2.54. The van der Waals surface area contributed by atoms with Crippen molar-refractivity contribution in [2.24, 2.45) is 11.1 Å². The molecule has 18 heavy (non-hydrogen) atoms. The minimum atomic E-state index is -0.736. The Morgan fingerprint density at radius 2 is 2.17 bits per heavy atom. The van der Waals surface area contributed by atoms with Crippen molar-refractivity contribution in [2.75, 3.05) is 5.32 Å². The van der Waals surface area contributed by atoms with Crippen LogP contribution in [0.1, 0.15) is 26.7 Å². The zero-order valence-electron chi connectivity index (χ0n) is 10.4. The number of carbonyl (C=O) groups excluding carboxylic acids is 1. The summed E-state index contributed by atoms with van der Waals surface area (Å²) in [6.45, 7) is 3.95. The molecule has 3 nitrogen and oxygen atoms in total.